The van der Waals surface area contributed by atoms with E-state index in [1.165, 1.54) is 57.8 Å². The number of ether oxygens (including phenoxy) is 4. The van der Waals surface area contributed by atoms with Gasteiger partial charge in [-0.2, -0.15) is 0 Å². The lowest BCUT2D eigenvalue weighted by Crippen LogP contribution is -2.30. The van der Waals surface area contributed by atoms with E-state index >= 15 is 0 Å². The minimum atomic E-state index is -5.01. The maximum absolute atomic E-state index is 13.1. The molecule has 0 rings (SSSR count). The molecule has 0 amide bonds. The van der Waals surface area contributed by atoms with E-state index in [-0.39, 0.29) is 25.7 Å². The van der Waals surface area contributed by atoms with Crippen LogP contribution in [0.4, 0.5) is 0 Å². The van der Waals surface area contributed by atoms with Crippen molar-refractivity contribution >= 4 is 39.5 Å². The molecule has 3 N–H and O–H groups in total. The quantitative estimate of drug-likeness (QED) is 0.0169. The Kier molecular flexibility index (Phi) is 72.4. The van der Waals surface area contributed by atoms with Gasteiger partial charge >= 0.3 is 39.5 Å². The van der Waals surface area contributed by atoms with E-state index < -0.39 is 97.5 Å². The van der Waals surface area contributed by atoms with E-state index in [9.17, 15) is 43.2 Å². The van der Waals surface area contributed by atoms with E-state index in [1.54, 1.807) is 0 Å². The third kappa shape index (κ3) is 75.2. The van der Waals surface area contributed by atoms with Crippen LogP contribution in [-0.4, -0.2) is 96.7 Å². The highest BCUT2D eigenvalue weighted by atomic mass is 31.2. The Balaban J connectivity index is 5.48. The number of unbranched alkanes of at least 4 members (excludes halogenated alkanes) is 24. The van der Waals surface area contributed by atoms with E-state index in [0.717, 1.165) is 167 Å². The molecule has 0 aromatic rings. The fourth-order valence-electron chi connectivity index (χ4n) is 10.2. The number of rotatable bonds is 74. The van der Waals surface area contributed by atoms with Crippen LogP contribution in [0.1, 0.15) is 310 Å². The molecule has 5 atom stereocenters. The van der Waals surface area contributed by atoms with Crippen molar-refractivity contribution in [1.29, 1.82) is 0 Å². The average molecular weight is 1500 g/mol. The molecule has 0 heterocycles. The fourth-order valence-corrected chi connectivity index (χ4v) is 11.7. The normalized spacial score (nSPS) is 14.6. The molecule has 0 fully saturated rings. The largest absolute Gasteiger partial charge is 0.472 e. The summed E-state index contributed by atoms with van der Waals surface area (Å²) in [6.07, 6.45) is 86.9. The van der Waals surface area contributed by atoms with E-state index in [1.807, 2.05) is 18.2 Å². The molecule has 0 aliphatic rings. The Morgan fingerprint density at radius 1 is 0.279 bits per heavy atom. The summed E-state index contributed by atoms with van der Waals surface area (Å²) >= 11 is 0. The maximum Gasteiger partial charge on any atom is 0.472 e. The molecule has 19 heteroatoms. The Morgan fingerprint density at radius 2 is 0.519 bits per heavy atom. The second-order valence-electron chi connectivity index (χ2n) is 26.3. The fraction of sp³-hybridized carbons (Fsp3) is 0.671. The molecule has 0 spiro atoms. The van der Waals surface area contributed by atoms with Crippen molar-refractivity contribution in [2.24, 2.45) is 0 Å². The predicted molar refractivity (Wildman–Crippen MR) is 427 cm³/mol. The van der Waals surface area contributed by atoms with Crippen molar-refractivity contribution in [1.82, 2.24) is 0 Å². The van der Waals surface area contributed by atoms with Gasteiger partial charge in [0.15, 0.2) is 12.2 Å². The Bertz CT molecular complexity index is 2540. The number of phosphoric ester groups is 2. The van der Waals surface area contributed by atoms with Crippen molar-refractivity contribution in [2.75, 3.05) is 39.6 Å². The SMILES string of the molecule is CC/C=C\C/C=C\C/C=C\C/C=C\C/C=C\C/C=C\CCC(=O)O[C@H](COC(=O)CCCCCCC/C=C\C/C=C\CCCCC)COP(=O)(O)OC[C@@H](O)COP(=O)(O)OC[C@@H](COC(=O)CCCCCCC/C=C\C/C=C\CCCCC)OC(=O)CCCCCCC/C=C\C/C=C\CCCCC. The molecular weight excluding hydrogens is 1350 g/mol. The van der Waals surface area contributed by atoms with Crippen LogP contribution in [0.5, 0.6) is 0 Å². The summed E-state index contributed by atoms with van der Waals surface area (Å²) in [5, 5.41) is 10.6. The molecule has 0 bridgehead atoms. The van der Waals surface area contributed by atoms with E-state index in [2.05, 4.69) is 155 Å². The van der Waals surface area contributed by atoms with Crippen LogP contribution in [0.2, 0.25) is 0 Å². The Hall–Kier alpha value is -5.06. The molecule has 2 unspecified atom stereocenters. The Labute approximate surface area is 630 Å². The van der Waals surface area contributed by atoms with Gasteiger partial charge in [-0.3, -0.25) is 37.3 Å². The van der Waals surface area contributed by atoms with Gasteiger partial charge in [0.2, 0.25) is 0 Å². The van der Waals surface area contributed by atoms with Crippen molar-refractivity contribution < 1.29 is 80.2 Å². The van der Waals surface area contributed by atoms with Crippen LogP contribution < -0.4 is 0 Å². The number of aliphatic hydroxyl groups is 1. The minimum Gasteiger partial charge on any atom is -0.462 e. The van der Waals surface area contributed by atoms with Crippen molar-refractivity contribution in [3.63, 3.8) is 0 Å². The van der Waals surface area contributed by atoms with Gasteiger partial charge in [-0.1, -0.05) is 270 Å². The summed E-state index contributed by atoms with van der Waals surface area (Å²) < 4.78 is 68.5. The zero-order chi connectivity index (χ0) is 76.0. The molecule has 0 aliphatic carbocycles. The van der Waals surface area contributed by atoms with Crippen molar-refractivity contribution in [2.45, 2.75) is 329 Å². The summed E-state index contributed by atoms with van der Waals surface area (Å²) in [5.74, 6) is -2.32. The minimum absolute atomic E-state index is 0.0378. The molecule has 594 valence electrons. The number of allylic oxidation sites excluding steroid dienone is 24. The zero-order valence-corrected chi connectivity index (χ0v) is 66.7. The first-order valence-electron chi connectivity index (χ1n) is 40.1. The van der Waals surface area contributed by atoms with Crippen LogP contribution in [0.25, 0.3) is 0 Å². The number of carbonyl (C=O) groups excluding carboxylic acids is 4. The van der Waals surface area contributed by atoms with Crippen LogP contribution in [0.15, 0.2) is 146 Å². The van der Waals surface area contributed by atoms with E-state index in [4.69, 9.17) is 37.0 Å². The first kappa shape index (κ1) is 98.9. The first-order valence-corrected chi connectivity index (χ1v) is 43.1. The van der Waals surface area contributed by atoms with Gasteiger partial charge in [-0.15, -0.1) is 0 Å². The molecular formula is C85H142O17P2. The number of hydrogen-bond acceptors (Lipinski definition) is 15. The smallest absolute Gasteiger partial charge is 0.462 e. The average Bonchev–Trinajstić information content (AvgIpc) is 0.943. The number of aliphatic hydroxyl groups excluding tert-OH is 1. The van der Waals surface area contributed by atoms with Crippen LogP contribution >= 0.6 is 15.6 Å². The molecule has 0 aromatic heterocycles. The van der Waals surface area contributed by atoms with Crippen LogP contribution in [0.3, 0.4) is 0 Å². The third-order valence-corrected chi connectivity index (χ3v) is 18.2. The van der Waals surface area contributed by atoms with Gasteiger partial charge in [0, 0.05) is 25.7 Å². The molecule has 0 saturated carbocycles. The summed E-state index contributed by atoms with van der Waals surface area (Å²) in [5.41, 5.74) is 0. The summed E-state index contributed by atoms with van der Waals surface area (Å²) in [4.78, 5) is 73.0. The molecule has 0 saturated heterocycles. The molecule has 0 aromatic carbocycles. The van der Waals surface area contributed by atoms with Gasteiger partial charge in [0.25, 0.3) is 0 Å². The van der Waals surface area contributed by atoms with Crippen LogP contribution in [0, 0.1) is 0 Å². The predicted octanol–water partition coefficient (Wildman–Crippen LogP) is 23.4. The topological polar surface area (TPSA) is 237 Å². The molecule has 0 aliphatic heterocycles. The van der Waals surface area contributed by atoms with Gasteiger partial charge in [0.05, 0.1) is 26.4 Å². The van der Waals surface area contributed by atoms with Gasteiger partial charge < -0.3 is 33.8 Å². The highest BCUT2D eigenvalue weighted by molar-refractivity contribution is 7.47. The van der Waals surface area contributed by atoms with Gasteiger partial charge in [0.1, 0.15) is 19.3 Å². The molecule has 104 heavy (non-hydrogen) atoms. The van der Waals surface area contributed by atoms with E-state index in [0.29, 0.717) is 32.1 Å². The van der Waals surface area contributed by atoms with Crippen molar-refractivity contribution in [3.05, 3.63) is 146 Å². The molecule has 17 nitrogen and oxygen atoms in total. The maximum atomic E-state index is 13.1. The number of esters is 4. The number of phosphoric acid groups is 2. The second kappa shape index (κ2) is 76.1. The monoisotopic (exact) mass is 1500 g/mol. The Morgan fingerprint density at radius 3 is 0.827 bits per heavy atom. The highest BCUT2D eigenvalue weighted by Gasteiger charge is 2.30. The summed E-state index contributed by atoms with van der Waals surface area (Å²) in [6, 6.07) is 0. The standard InChI is InChI=1S/C85H142O17P2/c1-5-9-13-17-21-25-29-33-37-38-39-40-44-48-52-56-60-64-68-72-85(90)102-81(76-96-83(88)70-66-62-58-54-50-46-42-35-31-27-23-19-15-11-7-3)78-100-104(93,94)98-74-79(86)73-97-103(91,92)99-77-80(101-84(89)71-67-63-59-55-51-47-43-36-32-28-24-20-16-12-8-4)75-95-82(87)69-65-61-57-53-49-45-41-34-30-26-22-18-14-10-6-2/h9,13,21-28,33-37,39-43,48,52,60,64,79-81,86H,5-8,10-12,14-20,29-32,38,44-47,49-51,53-59,61-63,65-78H2,1-4H3,(H,91,92)(H,93,94)/b13-9-,25-21-,26-22-,27-23-,28-24-,37-33-,40-39-,41-34-,42-35-,43-36-,52-48-,64-60-/t79-,80+,81+/m0/s1. The second-order valence-corrected chi connectivity index (χ2v) is 29.2. The number of hydrogen-bond donors (Lipinski definition) is 3. The lowest BCUT2D eigenvalue weighted by atomic mass is 10.1. The number of carbonyl (C=O) groups is 4. The zero-order valence-electron chi connectivity index (χ0n) is 64.9. The lowest BCUT2D eigenvalue weighted by Gasteiger charge is -2.21. The summed E-state index contributed by atoms with van der Waals surface area (Å²) in [7, 11) is -10.0. The highest BCUT2D eigenvalue weighted by Crippen LogP contribution is 2.45. The molecule has 0 radical (unpaired) electrons. The van der Waals surface area contributed by atoms with Crippen LogP contribution in [-0.2, 0) is 65.4 Å². The third-order valence-electron chi connectivity index (χ3n) is 16.3. The van der Waals surface area contributed by atoms with Crippen molar-refractivity contribution in [3.8, 4) is 0 Å². The van der Waals surface area contributed by atoms with Gasteiger partial charge in [-0.05, 0) is 161 Å². The van der Waals surface area contributed by atoms with Gasteiger partial charge in [-0.25, -0.2) is 9.13 Å². The first-order chi connectivity index (χ1) is 50.7. The lowest BCUT2D eigenvalue weighted by molar-refractivity contribution is -0.161. The summed E-state index contributed by atoms with van der Waals surface area (Å²) in [6.45, 7) is 4.55.